The third-order valence-electron chi connectivity index (χ3n) is 3.77. The predicted molar refractivity (Wildman–Crippen MR) is 85.8 cm³/mol. The molecule has 2 rings (SSSR count). The van der Waals surface area contributed by atoms with E-state index in [2.05, 4.69) is 5.10 Å². The molecule has 1 heterocycles. The van der Waals surface area contributed by atoms with E-state index >= 15 is 0 Å². The highest BCUT2D eigenvalue weighted by Gasteiger charge is 2.26. The van der Waals surface area contributed by atoms with Gasteiger partial charge in [0.25, 0.3) is 0 Å². The molecule has 0 aliphatic rings. The van der Waals surface area contributed by atoms with Gasteiger partial charge in [-0.1, -0.05) is 30.7 Å². The van der Waals surface area contributed by atoms with E-state index in [9.17, 15) is 0 Å². The van der Waals surface area contributed by atoms with Crippen LogP contribution in [0.5, 0.6) is 5.75 Å². The van der Waals surface area contributed by atoms with Crippen molar-refractivity contribution in [3.05, 3.63) is 46.2 Å². The molecular weight excluding hydrogens is 286 g/mol. The topological polar surface area (TPSA) is 53.1 Å². The number of aromatic nitrogens is 2. The Labute approximate surface area is 130 Å². The Kier molecular flexibility index (Phi) is 4.59. The van der Waals surface area contributed by atoms with Gasteiger partial charge in [-0.25, -0.2) is 0 Å². The number of methoxy groups -OCH3 is 1. The fourth-order valence-corrected chi connectivity index (χ4v) is 2.80. The molecule has 0 spiro atoms. The SMILES string of the molecule is CCc1nn(C)c(CC(C)(N)c2cccc(OC)c2)c1Cl. The van der Waals surface area contributed by atoms with Gasteiger partial charge in [-0.05, 0) is 31.0 Å². The van der Waals surface area contributed by atoms with Crippen molar-refractivity contribution in [2.24, 2.45) is 12.8 Å². The quantitative estimate of drug-likeness (QED) is 0.923. The summed E-state index contributed by atoms with van der Waals surface area (Å²) in [5, 5.41) is 5.17. The normalized spacial score (nSPS) is 14.0. The summed E-state index contributed by atoms with van der Waals surface area (Å²) in [6.07, 6.45) is 1.43. The van der Waals surface area contributed by atoms with Crippen molar-refractivity contribution >= 4 is 11.6 Å². The maximum Gasteiger partial charge on any atom is 0.119 e. The van der Waals surface area contributed by atoms with Crippen molar-refractivity contribution in [1.29, 1.82) is 0 Å². The fourth-order valence-electron chi connectivity index (χ4n) is 2.44. The Balaban J connectivity index is 2.34. The molecule has 0 fully saturated rings. The van der Waals surface area contributed by atoms with Gasteiger partial charge in [0, 0.05) is 19.0 Å². The van der Waals surface area contributed by atoms with Crippen LogP contribution in [0.3, 0.4) is 0 Å². The largest absolute Gasteiger partial charge is 0.497 e. The second kappa shape index (κ2) is 6.08. The van der Waals surface area contributed by atoms with Crippen LogP contribution in [0, 0.1) is 0 Å². The van der Waals surface area contributed by atoms with E-state index in [4.69, 9.17) is 22.1 Å². The zero-order valence-electron chi connectivity index (χ0n) is 13.0. The van der Waals surface area contributed by atoms with Crippen molar-refractivity contribution in [3.63, 3.8) is 0 Å². The van der Waals surface area contributed by atoms with E-state index in [1.165, 1.54) is 0 Å². The third-order valence-corrected chi connectivity index (χ3v) is 4.20. The van der Waals surface area contributed by atoms with Gasteiger partial charge >= 0.3 is 0 Å². The maximum atomic E-state index is 6.53. The Hall–Kier alpha value is -1.52. The van der Waals surface area contributed by atoms with Crippen LogP contribution in [0.15, 0.2) is 24.3 Å². The first-order chi connectivity index (χ1) is 9.89. The molecule has 0 saturated heterocycles. The van der Waals surface area contributed by atoms with Crippen LogP contribution in [0.1, 0.15) is 30.8 Å². The van der Waals surface area contributed by atoms with Crippen LogP contribution in [-0.2, 0) is 25.4 Å². The molecule has 0 saturated carbocycles. The van der Waals surface area contributed by atoms with E-state index in [1.807, 2.05) is 49.8 Å². The maximum absolute atomic E-state index is 6.53. The highest BCUT2D eigenvalue weighted by atomic mass is 35.5. The van der Waals surface area contributed by atoms with Gasteiger partial charge in [0.15, 0.2) is 0 Å². The summed E-state index contributed by atoms with van der Waals surface area (Å²) in [6.45, 7) is 4.04. The Morgan fingerprint density at radius 1 is 1.43 bits per heavy atom. The first kappa shape index (κ1) is 15.9. The van der Waals surface area contributed by atoms with Crippen LogP contribution in [0.2, 0.25) is 5.02 Å². The second-order valence-electron chi connectivity index (χ2n) is 5.51. The summed E-state index contributed by atoms with van der Waals surface area (Å²) in [5.74, 6) is 0.800. The number of halogens is 1. The average Bonchev–Trinajstić information content (AvgIpc) is 2.74. The summed E-state index contributed by atoms with van der Waals surface area (Å²) < 4.78 is 7.10. The lowest BCUT2D eigenvalue weighted by molar-refractivity contribution is 0.409. The number of hydrogen-bond donors (Lipinski definition) is 1. The zero-order chi connectivity index (χ0) is 15.6. The van der Waals surface area contributed by atoms with E-state index in [0.29, 0.717) is 6.42 Å². The predicted octanol–water partition coefficient (Wildman–Crippen LogP) is 3.06. The molecule has 1 aromatic heterocycles. The van der Waals surface area contributed by atoms with Crippen molar-refractivity contribution in [2.45, 2.75) is 32.2 Å². The second-order valence-corrected chi connectivity index (χ2v) is 5.89. The lowest BCUT2D eigenvalue weighted by Gasteiger charge is -2.26. The van der Waals surface area contributed by atoms with Crippen LogP contribution < -0.4 is 10.5 Å². The van der Waals surface area contributed by atoms with Crippen LogP contribution >= 0.6 is 11.6 Å². The molecule has 0 radical (unpaired) electrons. The van der Waals surface area contributed by atoms with Crippen molar-refractivity contribution < 1.29 is 4.74 Å². The zero-order valence-corrected chi connectivity index (χ0v) is 13.7. The van der Waals surface area contributed by atoms with Crippen molar-refractivity contribution in [1.82, 2.24) is 9.78 Å². The molecule has 0 bridgehead atoms. The van der Waals surface area contributed by atoms with Crippen LogP contribution in [-0.4, -0.2) is 16.9 Å². The van der Waals surface area contributed by atoms with Crippen molar-refractivity contribution in [3.8, 4) is 5.75 Å². The summed E-state index contributed by atoms with van der Waals surface area (Å²) in [6, 6.07) is 7.83. The smallest absolute Gasteiger partial charge is 0.119 e. The molecule has 0 aliphatic heterocycles. The van der Waals surface area contributed by atoms with E-state index < -0.39 is 5.54 Å². The van der Waals surface area contributed by atoms with Gasteiger partial charge in [-0.15, -0.1) is 0 Å². The van der Waals surface area contributed by atoms with E-state index in [0.717, 1.165) is 34.1 Å². The number of nitrogens with two attached hydrogens (primary N) is 1. The highest BCUT2D eigenvalue weighted by Crippen LogP contribution is 2.30. The van der Waals surface area contributed by atoms with Gasteiger partial charge in [0.05, 0.1) is 23.5 Å². The van der Waals surface area contributed by atoms with Gasteiger partial charge in [0.2, 0.25) is 0 Å². The van der Waals surface area contributed by atoms with Crippen molar-refractivity contribution in [2.75, 3.05) is 7.11 Å². The fraction of sp³-hybridized carbons (Fsp3) is 0.438. The summed E-state index contributed by atoms with van der Waals surface area (Å²) in [5.41, 5.74) is 8.87. The molecule has 1 aromatic carbocycles. The van der Waals surface area contributed by atoms with E-state index in [1.54, 1.807) is 7.11 Å². The minimum atomic E-state index is -0.545. The molecule has 4 nitrogen and oxygen atoms in total. The number of hydrogen-bond acceptors (Lipinski definition) is 3. The van der Waals surface area contributed by atoms with Gasteiger partial charge in [-0.2, -0.15) is 5.10 Å². The monoisotopic (exact) mass is 307 g/mol. The van der Waals surface area contributed by atoms with Crippen LogP contribution in [0.4, 0.5) is 0 Å². The highest BCUT2D eigenvalue weighted by molar-refractivity contribution is 6.31. The molecule has 21 heavy (non-hydrogen) atoms. The Morgan fingerprint density at radius 2 is 2.14 bits per heavy atom. The standard InChI is InChI=1S/C16H22ClN3O/c1-5-13-15(17)14(20(3)19-13)10-16(2,18)11-7-6-8-12(9-11)21-4/h6-9H,5,10,18H2,1-4H3. The summed E-state index contributed by atoms with van der Waals surface area (Å²) in [7, 11) is 3.56. The molecule has 2 aromatic rings. The summed E-state index contributed by atoms with van der Waals surface area (Å²) >= 11 is 6.42. The molecule has 0 amide bonds. The molecular formula is C16H22ClN3O. The minimum absolute atomic E-state index is 0.545. The first-order valence-corrected chi connectivity index (χ1v) is 7.40. The Bertz CT molecular complexity index is 634. The lowest BCUT2D eigenvalue weighted by Crippen LogP contribution is -2.36. The van der Waals surface area contributed by atoms with Gasteiger partial charge in [0.1, 0.15) is 5.75 Å². The van der Waals surface area contributed by atoms with Crippen LogP contribution in [0.25, 0.3) is 0 Å². The lowest BCUT2D eigenvalue weighted by atomic mass is 9.88. The van der Waals surface area contributed by atoms with Gasteiger partial charge < -0.3 is 10.5 Å². The summed E-state index contributed by atoms with van der Waals surface area (Å²) in [4.78, 5) is 0. The number of benzene rings is 1. The molecule has 114 valence electrons. The third kappa shape index (κ3) is 3.22. The molecule has 1 unspecified atom stereocenters. The van der Waals surface area contributed by atoms with Gasteiger partial charge in [-0.3, -0.25) is 4.68 Å². The first-order valence-electron chi connectivity index (χ1n) is 7.02. The minimum Gasteiger partial charge on any atom is -0.497 e. The molecule has 0 aliphatic carbocycles. The molecule has 1 atom stereocenters. The number of nitrogens with zero attached hydrogens (tertiary/aromatic N) is 2. The number of ether oxygens (including phenoxy) is 1. The number of rotatable bonds is 5. The molecule has 2 N–H and O–H groups in total. The Morgan fingerprint density at radius 3 is 2.71 bits per heavy atom. The number of aryl methyl sites for hydroxylation is 2. The van der Waals surface area contributed by atoms with E-state index in [-0.39, 0.29) is 0 Å². The molecule has 5 heteroatoms. The average molecular weight is 308 g/mol.